The van der Waals surface area contributed by atoms with Crippen molar-refractivity contribution in [3.63, 3.8) is 0 Å². The number of aromatic amines is 1. The number of nitrogens with zero attached hydrogens (tertiary/aromatic N) is 2. The second-order valence-corrected chi connectivity index (χ2v) is 3.44. The van der Waals surface area contributed by atoms with E-state index in [-0.39, 0.29) is 10.6 Å². The third kappa shape index (κ3) is 2.44. The van der Waals surface area contributed by atoms with Crippen molar-refractivity contribution in [2.24, 2.45) is 0 Å². The molecule has 0 radical (unpaired) electrons. The van der Waals surface area contributed by atoms with Crippen molar-refractivity contribution in [2.75, 3.05) is 0 Å². The Morgan fingerprint density at radius 2 is 2.27 bits per heavy atom. The van der Waals surface area contributed by atoms with Gasteiger partial charge in [0.05, 0.1) is 11.9 Å². The number of hydrogen-bond acceptors (Lipinski definition) is 3. The molecule has 0 saturated heterocycles. The Labute approximate surface area is 91.0 Å². The van der Waals surface area contributed by atoms with E-state index in [1.165, 1.54) is 0 Å². The van der Waals surface area contributed by atoms with Crippen LogP contribution in [0.2, 0.25) is 0 Å². The van der Waals surface area contributed by atoms with Crippen LogP contribution in [0.1, 0.15) is 11.3 Å². The summed E-state index contributed by atoms with van der Waals surface area (Å²) in [6, 6.07) is 3.69. The highest BCUT2D eigenvalue weighted by Crippen LogP contribution is 2.08. The fraction of sp³-hybridized carbons (Fsp3) is 0.100. The minimum absolute atomic E-state index is 0.287. The largest absolute Gasteiger partial charge is 0.332 e. The van der Waals surface area contributed by atoms with Gasteiger partial charge in [-0.15, -0.1) is 0 Å². The molecular weight excluding hydrogens is 213 g/mol. The lowest BCUT2D eigenvalue weighted by Crippen LogP contribution is -1.98. The summed E-state index contributed by atoms with van der Waals surface area (Å²) in [4.78, 5) is 10.3. The Balaban J connectivity index is 2.32. The number of hydrogen-bond donors (Lipinski definition) is 1. The number of rotatable bonds is 2. The van der Waals surface area contributed by atoms with Gasteiger partial charge in [0.15, 0.2) is 10.6 Å². The highest BCUT2D eigenvalue weighted by molar-refractivity contribution is 7.71. The van der Waals surface area contributed by atoms with Crippen LogP contribution >= 0.6 is 12.2 Å². The molecule has 0 aliphatic rings. The predicted octanol–water partition coefficient (Wildman–Crippen LogP) is 2.26. The van der Waals surface area contributed by atoms with Crippen molar-refractivity contribution in [3.8, 4) is 0 Å². The van der Waals surface area contributed by atoms with Crippen molar-refractivity contribution in [1.29, 1.82) is 0 Å². The van der Waals surface area contributed by atoms with Crippen molar-refractivity contribution in [2.45, 2.75) is 6.42 Å². The molecule has 3 nitrogen and oxygen atoms in total. The number of nitrogens with one attached hydrogen (secondary N) is 1. The maximum Gasteiger partial charge on any atom is 0.197 e. The van der Waals surface area contributed by atoms with Gasteiger partial charge in [0, 0.05) is 18.8 Å². The number of H-pyrrole nitrogens is 1. The monoisotopic (exact) mass is 221 g/mol. The number of pyridine rings is 1. The quantitative estimate of drug-likeness (QED) is 0.791. The lowest BCUT2D eigenvalue weighted by atomic mass is 10.1. The zero-order chi connectivity index (χ0) is 10.7. The highest BCUT2D eigenvalue weighted by Gasteiger charge is 2.03. The van der Waals surface area contributed by atoms with E-state index in [2.05, 4.69) is 15.0 Å². The molecular formula is C10H8FN3S. The van der Waals surface area contributed by atoms with Gasteiger partial charge in [-0.25, -0.2) is 9.37 Å². The van der Waals surface area contributed by atoms with Crippen LogP contribution in [0.4, 0.5) is 4.39 Å². The van der Waals surface area contributed by atoms with Crippen LogP contribution in [0.25, 0.3) is 0 Å². The molecule has 1 N–H and O–H groups in total. The van der Waals surface area contributed by atoms with Crippen LogP contribution in [0.5, 0.6) is 0 Å². The normalized spacial score (nSPS) is 10.2. The van der Waals surface area contributed by atoms with Gasteiger partial charge in [0.2, 0.25) is 0 Å². The van der Waals surface area contributed by atoms with Gasteiger partial charge in [-0.2, -0.15) is 0 Å². The van der Waals surface area contributed by atoms with Crippen molar-refractivity contribution in [1.82, 2.24) is 15.0 Å². The van der Waals surface area contributed by atoms with Gasteiger partial charge >= 0.3 is 0 Å². The maximum absolute atomic E-state index is 13.3. The summed E-state index contributed by atoms with van der Waals surface area (Å²) in [5.74, 6) is -0.382. The summed E-state index contributed by atoms with van der Waals surface area (Å²) in [6.45, 7) is 0. The van der Waals surface area contributed by atoms with Gasteiger partial charge in [0.1, 0.15) is 0 Å². The van der Waals surface area contributed by atoms with Gasteiger partial charge in [-0.05, 0) is 23.8 Å². The van der Waals surface area contributed by atoms with Gasteiger partial charge in [-0.1, -0.05) is 6.07 Å². The van der Waals surface area contributed by atoms with Crippen LogP contribution in [0.3, 0.4) is 0 Å². The second-order valence-electron chi connectivity index (χ2n) is 3.05. The molecule has 0 unspecified atom stereocenters. The summed E-state index contributed by atoms with van der Waals surface area (Å²) in [5, 5.41) is 0. The Hall–Kier alpha value is -1.62. The summed E-state index contributed by atoms with van der Waals surface area (Å²) in [6.07, 6.45) is 4.93. The van der Waals surface area contributed by atoms with Crippen LogP contribution in [0, 0.1) is 10.6 Å². The molecule has 2 aromatic heterocycles. The minimum atomic E-state index is -0.382. The first-order valence-electron chi connectivity index (χ1n) is 4.38. The SMILES string of the molecule is Fc1cnc(=S)[nH]c1Cc1cccnc1. The summed E-state index contributed by atoms with van der Waals surface area (Å²) >= 11 is 4.83. The Morgan fingerprint density at radius 3 is 3.00 bits per heavy atom. The lowest BCUT2D eigenvalue weighted by Gasteiger charge is -2.02. The average molecular weight is 221 g/mol. The van der Waals surface area contributed by atoms with Gasteiger partial charge in [-0.3, -0.25) is 4.98 Å². The molecule has 15 heavy (non-hydrogen) atoms. The molecule has 0 saturated carbocycles. The first-order chi connectivity index (χ1) is 7.25. The maximum atomic E-state index is 13.3. The van der Waals surface area contributed by atoms with E-state index >= 15 is 0 Å². The van der Waals surface area contributed by atoms with E-state index in [0.717, 1.165) is 11.8 Å². The first-order valence-corrected chi connectivity index (χ1v) is 4.79. The molecule has 5 heteroatoms. The van der Waals surface area contributed by atoms with E-state index in [1.807, 2.05) is 12.1 Å². The zero-order valence-electron chi connectivity index (χ0n) is 7.77. The van der Waals surface area contributed by atoms with Crippen LogP contribution in [-0.4, -0.2) is 15.0 Å². The molecule has 0 atom stereocenters. The lowest BCUT2D eigenvalue weighted by molar-refractivity contribution is 0.594. The second kappa shape index (κ2) is 4.27. The molecule has 0 amide bonds. The molecule has 76 valence electrons. The number of halogens is 1. The van der Waals surface area contributed by atoms with E-state index in [4.69, 9.17) is 12.2 Å². The van der Waals surface area contributed by atoms with Crippen molar-refractivity contribution in [3.05, 3.63) is 52.6 Å². The fourth-order valence-electron chi connectivity index (χ4n) is 1.25. The zero-order valence-corrected chi connectivity index (χ0v) is 8.59. The molecule has 2 aromatic rings. The average Bonchev–Trinajstić information content (AvgIpc) is 2.25. The summed E-state index contributed by atoms with van der Waals surface area (Å²) in [7, 11) is 0. The Kier molecular flexibility index (Phi) is 2.82. The minimum Gasteiger partial charge on any atom is -0.332 e. The number of aromatic nitrogens is 3. The summed E-state index contributed by atoms with van der Waals surface area (Å²) < 4.78 is 13.6. The van der Waals surface area contributed by atoms with Crippen molar-refractivity contribution < 1.29 is 4.39 Å². The van der Waals surface area contributed by atoms with E-state index in [0.29, 0.717) is 12.1 Å². The topological polar surface area (TPSA) is 41.6 Å². The standard InChI is InChI=1S/C10H8FN3S/c11-8-6-13-10(15)14-9(8)4-7-2-1-3-12-5-7/h1-3,5-6H,4H2,(H,13,14,15). The molecule has 2 heterocycles. The molecule has 0 spiro atoms. The molecule has 0 aromatic carbocycles. The molecule has 0 aliphatic carbocycles. The van der Waals surface area contributed by atoms with Crippen LogP contribution in [-0.2, 0) is 6.42 Å². The van der Waals surface area contributed by atoms with Crippen LogP contribution < -0.4 is 0 Å². The third-order valence-electron chi connectivity index (χ3n) is 1.94. The highest BCUT2D eigenvalue weighted by atomic mass is 32.1. The van der Waals surface area contributed by atoms with E-state index < -0.39 is 0 Å². The Morgan fingerprint density at radius 1 is 1.40 bits per heavy atom. The Bertz CT molecular complexity index is 510. The third-order valence-corrected chi connectivity index (χ3v) is 2.15. The van der Waals surface area contributed by atoms with E-state index in [9.17, 15) is 4.39 Å². The fourth-order valence-corrected chi connectivity index (χ4v) is 1.43. The first kappa shape index (κ1) is 9.92. The van der Waals surface area contributed by atoms with Gasteiger partial charge in [0.25, 0.3) is 0 Å². The molecule has 0 aliphatic heterocycles. The van der Waals surface area contributed by atoms with Crippen molar-refractivity contribution >= 4 is 12.2 Å². The molecule has 0 bridgehead atoms. The summed E-state index contributed by atoms with van der Waals surface area (Å²) in [5.41, 5.74) is 1.36. The van der Waals surface area contributed by atoms with E-state index in [1.54, 1.807) is 12.4 Å². The predicted molar refractivity (Wildman–Crippen MR) is 56.4 cm³/mol. The smallest absolute Gasteiger partial charge is 0.197 e. The van der Waals surface area contributed by atoms with Gasteiger partial charge < -0.3 is 4.98 Å². The molecule has 0 fully saturated rings. The van der Waals surface area contributed by atoms with Crippen LogP contribution in [0.15, 0.2) is 30.7 Å². The molecule has 2 rings (SSSR count).